The second kappa shape index (κ2) is 9.25. The molecule has 2 bridgehead atoms. The average Bonchev–Trinajstić information content (AvgIpc) is 2.90. The highest BCUT2D eigenvalue weighted by Gasteiger charge is 2.34. The van der Waals surface area contributed by atoms with E-state index in [1.807, 2.05) is 24.3 Å². The Morgan fingerprint density at radius 1 is 1.25 bits per heavy atom. The second-order valence-electron chi connectivity index (χ2n) is 6.50. The Balaban J connectivity index is 0.00000208. The molecule has 3 rings (SSSR count). The lowest BCUT2D eigenvalue weighted by Crippen LogP contribution is -2.48. The van der Waals surface area contributed by atoms with E-state index in [0.717, 1.165) is 25.0 Å². The van der Waals surface area contributed by atoms with Gasteiger partial charge in [-0.25, -0.2) is 0 Å². The summed E-state index contributed by atoms with van der Waals surface area (Å²) < 4.78 is 10.7. The number of fused-ring (bicyclic) bond motifs is 2. The van der Waals surface area contributed by atoms with E-state index in [1.165, 1.54) is 12.8 Å². The number of halogens is 1. The lowest BCUT2D eigenvalue weighted by molar-refractivity contribution is 0.0923. The Labute approximate surface area is 149 Å². The van der Waals surface area contributed by atoms with Gasteiger partial charge in [0.2, 0.25) is 0 Å². The summed E-state index contributed by atoms with van der Waals surface area (Å²) in [4.78, 5) is 12.5. The van der Waals surface area contributed by atoms with Gasteiger partial charge in [-0.3, -0.25) is 4.79 Å². The molecule has 2 heterocycles. The molecule has 2 aliphatic rings. The van der Waals surface area contributed by atoms with E-state index >= 15 is 0 Å². The first-order valence-corrected chi connectivity index (χ1v) is 8.53. The number of benzene rings is 1. The Morgan fingerprint density at radius 2 is 2.00 bits per heavy atom. The smallest absolute Gasteiger partial charge is 0.251 e. The van der Waals surface area contributed by atoms with Crippen LogP contribution in [0.5, 0.6) is 5.75 Å². The predicted molar refractivity (Wildman–Crippen MR) is 96.1 cm³/mol. The molecular formula is C18H27ClN2O3. The first-order valence-electron chi connectivity index (χ1n) is 8.53. The first kappa shape index (κ1) is 19.0. The van der Waals surface area contributed by atoms with Gasteiger partial charge >= 0.3 is 0 Å². The molecule has 1 aromatic rings. The van der Waals surface area contributed by atoms with E-state index < -0.39 is 0 Å². The lowest BCUT2D eigenvalue weighted by Gasteiger charge is -2.29. The van der Waals surface area contributed by atoms with Crippen molar-refractivity contribution >= 4 is 18.3 Å². The van der Waals surface area contributed by atoms with Gasteiger partial charge in [0.15, 0.2) is 0 Å². The standard InChI is InChI=1S/C18H26N2O3.ClH/c1-22-8-3-9-23-17-5-2-4-13(10-17)18(21)20-16-11-14-6-7-15(12-16)19-14;/h2,4-5,10,14-16,19H,3,6-9,11-12H2,1H3,(H,20,21);1H. The third kappa shape index (κ3) is 5.10. The van der Waals surface area contributed by atoms with Crippen LogP contribution in [0.25, 0.3) is 0 Å². The van der Waals surface area contributed by atoms with Gasteiger partial charge in [0, 0.05) is 43.8 Å². The van der Waals surface area contributed by atoms with Crippen LogP contribution in [0.2, 0.25) is 0 Å². The normalized spacial score (nSPS) is 25.0. The molecule has 0 aliphatic carbocycles. The molecule has 0 aromatic heterocycles. The number of methoxy groups -OCH3 is 1. The van der Waals surface area contributed by atoms with Gasteiger partial charge in [0.25, 0.3) is 5.91 Å². The summed E-state index contributed by atoms with van der Waals surface area (Å²) in [7, 11) is 1.68. The molecule has 1 amide bonds. The van der Waals surface area contributed by atoms with Crippen LogP contribution in [-0.2, 0) is 4.74 Å². The zero-order valence-electron chi connectivity index (χ0n) is 14.1. The number of nitrogens with one attached hydrogen (secondary N) is 2. The molecule has 2 N–H and O–H groups in total. The Morgan fingerprint density at radius 3 is 2.71 bits per heavy atom. The van der Waals surface area contributed by atoms with E-state index in [4.69, 9.17) is 9.47 Å². The van der Waals surface area contributed by atoms with Gasteiger partial charge in [-0.05, 0) is 43.9 Å². The van der Waals surface area contributed by atoms with Crippen LogP contribution in [0, 0.1) is 0 Å². The van der Waals surface area contributed by atoms with Crippen LogP contribution in [-0.4, -0.2) is 44.4 Å². The molecule has 2 fully saturated rings. The SMILES string of the molecule is COCCCOc1cccc(C(=O)NC2CC3CCC(C2)N3)c1.Cl. The molecule has 24 heavy (non-hydrogen) atoms. The number of hydrogen-bond acceptors (Lipinski definition) is 4. The topological polar surface area (TPSA) is 59.6 Å². The highest BCUT2D eigenvalue weighted by atomic mass is 35.5. The minimum absolute atomic E-state index is 0. The maximum absolute atomic E-state index is 12.5. The molecule has 0 spiro atoms. The van der Waals surface area contributed by atoms with E-state index in [2.05, 4.69) is 10.6 Å². The Hall–Kier alpha value is -1.30. The Kier molecular flexibility index (Phi) is 7.34. The summed E-state index contributed by atoms with van der Waals surface area (Å²) in [5.41, 5.74) is 0.667. The van der Waals surface area contributed by atoms with Gasteiger partial charge in [-0.15, -0.1) is 12.4 Å². The average molecular weight is 355 g/mol. The number of carbonyl (C=O) groups is 1. The van der Waals surface area contributed by atoms with Crippen LogP contribution in [0.3, 0.4) is 0 Å². The van der Waals surface area contributed by atoms with Gasteiger partial charge < -0.3 is 20.1 Å². The highest BCUT2D eigenvalue weighted by molar-refractivity contribution is 5.94. The highest BCUT2D eigenvalue weighted by Crippen LogP contribution is 2.27. The summed E-state index contributed by atoms with van der Waals surface area (Å²) in [6.45, 7) is 1.27. The number of ether oxygens (including phenoxy) is 2. The third-order valence-electron chi connectivity index (χ3n) is 4.67. The van der Waals surface area contributed by atoms with Gasteiger partial charge in [-0.2, -0.15) is 0 Å². The molecule has 5 nitrogen and oxygen atoms in total. The fourth-order valence-electron chi connectivity index (χ4n) is 3.56. The number of rotatable bonds is 7. The lowest BCUT2D eigenvalue weighted by atomic mass is 9.99. The van der Waals surface area contributed by atoms with Crippen LogP contribution in [0.15, 0.2) is 24.3 Å². The van der Waals surface area contributed by atoms with Crippen molar-refractivity contribution in [1.82, 2.24) is 10.6 Å². The largest absolute Gasteiger partial charge is 0.493 e. The minimum Gasteiger partial charge on any atom is -0.493 e. The monoisotopic (exact) mass is 354 g/mol. The quantitative estimate of drug-likeness (QED) is 0.739. The maximum atomic E-state index is 12.5. The zero-order chi connectivity index (χ0) is 16.1. The molecule has 0 saturated carbocycles. The maximum Gasteiger partial charge on any atom is 0.251 e. The number of carbonyl (C=O) groups excluding carboxylic acids is 1. The van der Waals surface area contributed by atoms with Gasteiger partial charge in [0.1, 0.15) is 5.75 Å². The summed E-state index contributed by atoms with van der Waals surface area (Å²) in [6.07, 6.45) is 5.39. The van der Waals surface area contributed by atoms with E-state index in [1.54, 1.807) is 7.11 Å². The number of hydrogen-bond donors (Lipinski definition) is 2. The summed E-state index contributed by atoms with van der Waals surface area (Å²) >= 11 is 0. The van der Waals surface area contributed by atoms with Gasteiger partial charge in [0.05, 0.1) is 6.61 Å². The number of piperidine rings is 1. The van der Waals surface area contributed by atoms with Crippen molar-refractivity contribution in [3.8, 4) is 5.75 Å². The predicted octanol–water partition coefficient (Wildman–Crippen LogP) is 2.54. The summed E-state index contributed by atoms with van der Waals surface area (Å²) in [5.74, 6) is 0.734. The number of amides is 1. The zero-order valence-corrected chi connectivity index (χ0v) is 14.9. The van der Waals surface area contributed by atoms with Crippen molar-refractivity contribution in [2.75, 3.05) is 20.3 Å². The van der Waals surface area contributed by atoms with Crippen LogP contribution >= 0.6 is 12.4 Å². The fraction of sp³-hybridized carbons (Fsp3) is 0.611. The van der Waals surface area contributed by atoms with Crippen molar-refractivity contribution in [1.29, 1.82) is 0 Å². The summed E-state index contributed by atoms with van der Waals surface area (Å²) in [6, 6.07) is 8.85. The van der Waals surface area contributed by atoms with E-state index in [9.17, 15) is 4.79 Å². The van der Waals surface area contributed by atoms with Crippen molar-refractivity contribution in [2.45, 2.75) is 50.2 Å². The van der Waals surface area contributed by atoms with E-state index in [0.29, 0.717) is 30.9 Å². The van der Waals surface area contributed by atoms with Crippen LogP contribution in [0.4, 0.5) is 0 Å². The molecule has 134 valence electrons. The van der Waals surface area contributed by atoms with Crippen LogP contribution < -0.4 is 15.4 Å². The van der Waals surface area contributed by atoms with Crippen LogP contribution in [0.1, 0.15) is 42.5 Å². The summed E-state index contributed by atoms with van der Waals surface area (Å²) in [5, 5.41) is 6.78. The first-order chi connectivity index (χ1) is 11.2. The molecule has 2 atom stereocenters. The van der Waals surface area contributed by atoms with Crippen molar-refractivity contribution in [3.63, 3.8) is 0 Å². The molecule has 2 aliphatic heterocycles. The van der Waals surface area contributed by atoms with Crippen molar-refractivity contribution < 1.29 is 14.3 Å². The molecule has 1 aromatic carbocycles. The second-order valence-corrected chi connectivity index (χ2v) is 6.50. The van der Waals surface area contributed by atoms with Gasteiger partial charge in [-0.1, -0.05) is 6.07 Å². The molecule has 2 saturated heterocycles. The Bertz CT molecular complexity index is 529. The van der Waals surface area contributed by atoms with E-state index in [-0.39, 0.29) is 24.4 Å². The fourth-order valence-corrected chi connectivity index (χ4v) is 3.56. The third-order valence-corrected chi connectivity index (χ3v) is 4.67. The molecular weight excluding hydrogens is 328 g/mol. The molecule has 0 radical (unpaired) electrons. The molecule has 2 unspecified atom stereocenters. The minimum atomic E-state index is -0.00126. The van der Waals surface area contributed by atoms with Crippen molar-refractivity contribution in [2.24, 2.45) is 0 Å². The molecule has 6 heteroatoms. The van der Waals surface area contributed by atoms with Crippen molar-refractivity contribution in [3.05, 3.63) is 29.8 Å².